The molecule has 0 atom stereocenters. The van der Waals surface area contributed by atoms with Crippen molar-refractivity contribution in [2.45, 2.75) is 51.9 Å². The van der Waals surface area contributed by atoms with Crippen LogP contribution in [-0.2, 0) is 10.8 Å². The fourth-order valence-corrected chi connectivity index (χ4v) is 5.77. The molecule has 2 heteroatoms. The van der Waals surface area contributed by atoms with E-state index in [0.29, 0.717) is 39.0 Å². The van der Waals surface area contributed by atoms with Crippen molar-refractivity contribution in [3.8, 4) is 11.1 Å². The van der Waals surface area contributed by atoms with Crippen LogP contribution in [0.4, 0.5) is 17.1 Å². The van der Waals surface area contributed by atoms with Gasteiger partial charge >= 0.3 is 0 Å². The number of benzene rings is 5. The zero-order chi connectivity index (χ0) is 43.6. The van der Waals surface area contributed by atoms with Crippen LogP contribution in [-0.4, -0.2) is 0 Å². The third-order valence-electron chi connectivity index (χ3n) is 8.01. The van der Waals surface area contributed by atoms with E-state index in [0.717, 1.165) is 12.1 Å². The summed E-state index contributed by atoms with van der Waals surface area (Å²) in [7, 11) is 0. The van der Waals surface area contributed by atoms with Crippen molar-refractivity contribution >= 4 is 39.0 Å². The summed E-state index contributed by atoms with van der Waals surface area (Å²) in [6.45, 7) is -25.3. The van der Waals surface area contributed by atoms with E-state index in [9.17, 15) is 0 Å². The van der Waals surface area contributed by atoms with Gasteiger partial charge in [-0.25, -0.2) is 0 Å². The Balaban J connectivity index is 1.70. The van der Waals surface area contributed by atoms with Crippen molar-refractivity contribution < 1.29 is 29.1 Å². The van der Waals surface area contributed by atoms with Crippen LogP contribution in [0, 0.1) is 5.41 Å². The van der Waals surface area contributed by atoms with Gasteiger partial charge in [0.1, 0.15) is 5.58 Å². The van der Waals surface area contributed by atoms with E-state index in [1.165, 1.54) is 6.07 Å². The molecule has 5 aromatic carbocycles. The van der Waals surface area contributed by atoms with Crippen LogP contribution in [0.2, 0.25) is 0 Å². The van der Waals surface area contributed by atoms with Crippen molar-refractivity contribution in [3.63, 3.8) is 0 Å². The summed E-state index contributed by atoms with van der Waals surface area (Å²) >= 11 is 0. The minimum absolute atomic E-state index is 0.00740. The van der Waals surface area contributed by atoms with Gasteiger partial charge in [0, 0.05) is 46.8 Å². The molecule has 1 aliphatic carbocycles. The molecule has 41 heavy (non-hydrogen) atoms. The SMILES string of the molecule is [2H]C([2H])([2H])C1(C([2H])([2H])[2H])c2ccc(-c3cc(N(c4ccccc4)c4ccccc4)c4oc5ccccc5c4c3)cc2C(C([2H])([2H])[2H])(C([2H])([2H])[2H])C1(C([2H])([2H])[2H])C([2H])([2H])[2H]. The van der Waals surface area contributed by atoms with Gasteiger partial charge in [-0.05, 0) is 81.0 Å². The normalized spacial score (nSPS) is 25.0. The first-order valence-electron chi connectivity index (χ1n) is 22.1. The van der Waals surface area contributed by atoms with Gasteiger partial charge < -0.3 is 9.32 Å². The summed E-state index contributed by atoms with van der Waals surface area (Å²) in [5, 5.41) is 1.20. The Morgan fingerprint density at radius 1 is 0.561 bits per heavy atom. The topological polar surface area (TPSA) is 16.4 Å². The molecule has 0 N–H and O–H groups in total. The molecule has 0 saturated heterocycles. The predicted molar refractivity (Wildman–Crippen MR) is 174 cm³/mol. The van der Waals surface area contributed by atoms with Crippen molar-refractivity contribution in [2.75, 3.05) is 4.90 Å². The average Bonchev–Trinajstić information content (AvgIpc) is 3.63. The van der Waals surface area contributed by atoms with Gasteiger partial charge in [-0.15, -0.1) is 0 Å². The molecule has 204 valence electrons. The molecular formula is C39H37NO. The fourth-order valence-electron chi connectivity index (χ4n) is 5.77. The summed E-state index contributed by atoms with van der Waals surface area (Å²) in [5.41, 5.74) is -11.8. The van der Waals surface area contributed by atoms with Gasteiger partial charge in [0.05, 0.1) is 5.69 Å². The highest BCUT2D eigenvalue weighted by Crippen LogP contribution is 2.62. The Bertz CT molecular complexity index is 2460. The van der Waals surface area contributed by atoms with Gasteiger partial charge in [-0.3, -0.25) is 0 Å². The summed E-state index contributed by atoms with van der Waals surface area (Å²) in [6.07, 6.45) is 0. The molecule has 0 aliphatic heterocycles. The second kappa shape index (κ2) is 8.85. The Labute approximate surface area is 268 Å². The standard InChI is InChI=1S/C39H37NO/c1-37(2)32-22-21-26(24-33(32)38(3,4)39(37,5)6)27-23-31-30-19-13-14-20-35(30)41-36(31)34(25-27)40(28-15-9-7-10-16-28)29-17-11-8-12-18-29/h7-25H,1-6H3/i1D3,2D3,3D3,4D3,5D3,6D3. The molecule has 0 fully saturated rings. The van der Waals surface area contributed by atoms with Crippen LogP contribution >= 0.6 is 0 Å². The number of fused-ring (bicyclic) bond motifs is 4. The summed E-state index contributed by atoms with van der Waals surface area (Å²) in [5.74, 6) is 0. The molecule has 6 aromatic rings. The molecule has 0 bridgehead atoms. The number of anilines is 3. The molecule has 1 aromatic heterocycles. The van der Waals surface area contributed by atoms with Crippen LogP contribution in [0.1, 0.15) is 76.9 Å². The van der Waals surface area contributed by atoms with E-state index in [-0.39, 0.29) is 11.1 Å². The monoisotopic (exact) mass is 553 g/mol. The molecular weight excluding hydrogens is 498 g/mol. The summed E-state index contributed by atoms with van der Waals surface area (Å²) in [4.78, 5) is 1.89. The molecule has 7 rings (SSSR count). The molecule has 1 heterocycles. The third kappa shape index (κ3) is 3.63. The zero-order valence-corrected chi connectivity index (χ0v) is 21.8. The Morgan fingerprint density at radius 3 is 1.85 bits per heavy atom. The number of nitrogens with zero attached hydrogens (tertiary/aromatic N) is 1. The molecule has 0 spiro atoms. The van der Waals surface area contributed by atoms with Crippen molar-refractivity contribution in [1.82, 2.24) is 0 Å². The molecule has 0 saturated carbocycles. The van der Waals surface area contributed by atoms with Crippen LogP contribution in [0.5, 0.6) is 0 Å². The first-order valence-corrected chi connectivity index (χ1v) is 13.1. The number of furan rings is 1. The van der Waals surface area contributed by atoms with Crippen LogP contribution in [0.3, 0.4) is 0 Å². The first kappa shape index (κ1) is 12.7. The minimum atomic E-state index is -4.48. The van der Waals surface area contributed by atoms with Crippen molar-refractivity contribution in [2.24, 2.45) is 5.41 Å². The van der Waals surface area contributed by atoms with Gasteiger partial charge in [0.2, 0.25) is 0 Å². The average molecular weight is 554 g/mol. The highest BCUT2D eigenvalue weighted by atomic mass is 16.3. The van der Waals surface area contributed by atoms with Crippen molar-refractivity contribution in [3.05, 3.63) is 126 Å². The zero-order valence-electron chi connectivity index (χ0n) is 39.8. The Morgan fingerprint density at radius 2 is 1.20 bits per heavy atom. The van der Waals surface area contributed by atoms with Crippen molar-refractivity contribution in [1.29, 1.82) is 0 Å². The third-order valence-corrected chi connectivity index (χ3v) is 8.01. The highest BCUT2D eigenvalue weighted by molar-refractivity contribution is 6.12. The van der Waals surface area contributed by atoms with Crippen LogP contribution in [0.15, 0.2) is 120 Å². The first-order chi connectivity index (χ1) is 27.1. The van der Waals surface area contributed by atoms with Gasteiger partial charge in [-0.2, -0.15) is 0 Å². The predicted octanol–water partition coefficient (Wildman–Crippen LogP) is 11.3. The van der Waals surface area contributed by atoms with E-state index in [2.05, 4.69) is 0 Å². The van der Waals surface area contributed by atoms with Gasteiger partial charge in [0.25, 0.3) is 0 Å². The maximum Gasteiger partial charge on any atom is 0.159 e. The molecule has 0 amide bonds. The second-order valence-corrected chi connectivity index (χ2v) is 10.5. The minimum Gasteiger partial charge on any atom is -0.454 e. The lowest BCUT2D eigenvalue weighted by atomic mass is 9.59. The summed E-state index contributed by atoms with van der Waals surface area (Å²) in [6, 6.07) is 32.0. The fraction of sp³-hybridized carbons (Fsp3) is 0.231. The molecule has 0 radical (unpaired) electrons. The second-order valence-electron chi connectivity index (χ2n) is 10.5. The van der Waals surface area contributed by atoms with Gasteiger partial charge in [0.15, 0.2) is 5.58 Å². The molecule has 2 nitrogen and oxygen atoms in total. The maximum atomic E-state index is 8.89. The van der Waals surface area contributed by atoms with Gasteiger partial charge in [-0.1, -0.05) is 114 Å². The number of hydrogen-bond donors (Lipinski definition) is 0. The van der Waals surface area contributed by atoms with E-state index in [1.807, 2.05) is 71.6 Å². The van der Waals surface area contributed by atoms with E-state index < -0.39 is 68.5 Å². The smallest absolute Gasteiger partial charge is 0.159 e. The number of rotatable bonds is 4. The molecule has 0 unspecified atom stereocenters. The Kier molecular flexibility index (Phi) is 2.74. The largest absolute Gasteiger partial charge is 0.454 e. The maximum absolute atomic E-state index is 8.89. The lowest BCUT2D eigenvalue weighted by Gasteiger charge is -2.44. The van der Waals surface area contributed by atoms with Crippen LogP contribution in [0.25, 0.3) is 33.1 Å². The molecule has 1 aliphatic rings. The van der Waals surface area contributed by atoms with E-state index in [4.69, 9.17) is 29.1 Å². The number of hydrogen-bond acceptors (Lipinski definition) is 2. The number of para-hydroxylation sites is 3. The summed E-state index contributed by atoms with van der Waals surface area (Å²) < 4.78 is 165. The lowest BCUT2D eigenvalue weighted by molar-refractivity contribution is 0.125. The van der Waals surface area contributed by atoms with E-state index >= 15 is 0 Å². The highest BCUT2D eigenvalue weighted by Gasteiger charge is 2.56. The van der Waals surface area contributed by atoms with Crippen LogP contribution < -0.4 is 4.90 Å². The lowest BCUT2D eigenvalue weighted by Crippen LogP contribution is -2.42. The quantitative estimate of drug-likeness (QED) is 0.216. The Hall–Kier alpha value is -4.30. The van der Waals surface area contributed by atoms with E-state index in [1.54, 1.807) is 30.3 Å².